The van der Waals surface area contributed by atoms with Crippen molar-refractivity contribution in [3.8, 4) is 0 Å². The van der Waals surface area contributed by atoms with E-state index in [1.54, 1.807) is 6.92 Å². The van der Waals surface area contributed by atoms with Crippen molar-refractivity contribution in [3.63, 3.8) is 0 Å². The van der Waals surface area contributed by atoms with E-state index in [-0.39, 0.29) is 11.9 Å². The average Bonchev–Trinajstić information content (AvgIpc) is 2.57. The molecule has 6 heteroatoms. The van der Waals surface area contributed by atoms with Crippen LogP contribution < -0.4 is 16.0 Å². The Balaban J connectivity index is 1.95. The molecule has 1 heterocycles. The van der Waals surface area contributed by atoms with Gasteiger partial charge in [0.25, 0.3) is 5.91 Å². The number of urea groups is 1. The second-order valence-electron chi connectivity index (χ2n) is 6.39. The Kier molecular flexibility index (Phi) is 5.13. The van der Waals surface area contributed by atoms with E-state index in [1.807, 2.05) is 56.3 Å². The Morgan fingerprint density at radius 1 is 1.08 bits per heavy atom. The molecular formula is C20H20BrN3O2. The van der Waals surface area contributed by atoms with Gasteiger partial charge in [-0.2, -0.15) is 0 Å². The van der Waals surface area contributed by atoms with E-state index in [0.29, 0.717) is 11.3 Å². The van der Waals surface area contributed by atoms with Crippen LogP contribution in [-0.2, 0) is 4.79 Å². The van der Waals surface area contributed by atoms with Gasteiger partial charge in [0.15, 0.2) is 0 Å². The molecule has 3 rings (SSSR count). The van der Waals surface area contributed by atoms with Crippen molar-refractivity contribution in [2.24, 2.45) is 0 Å². The predicted molar refractivity (Wildman–Crippen MR) is 106 cm³/mol. The Morgan fingerprint density at radius 3 is 2.42 bits per heavy atom. The number of halogens is 1. The van der Waals surface area contributed by atoms with Crippen LogP contribution in [0.25, 0.3) is 0 Å². The Morgan fingerprint density at radius 2 is 1.77 bits per heavy atom. The minimum absolute atomic E-state index is 0.241. The van der Waals surface area contributed by atoms with Crippen LogP contribution in [0.3, 0.4) is 0 Å². The summed E-state index contributed by atoms with van der Waals surface area (Å²) in [6.45, 7) is 5.70. The largest absolute Gasteiger partial charge is 0.327 e. The van der Waals surface area contributed by atoms with Crippen LogP contribution in [-0.4, -0.2) is 11.9 Å². The quantitative estimate of drug-likeness (QED) is 0.700. The lowest BCUT2D eigenvalue weighted by Gasteiger charge is -2.29. The number of amides is 3. The fourth-order valence-electron chi connectivity index (χ4n) is 3.04. The molecule has 3 amide bonds. The van der Waals surface area contributed by atoms with E-state index in [0.717, 1.165) is 26.9 Å². The van der Waals surface area contributed by atoms with Crippen molar-refractivity contribution in [2.45, 2.75) is 26.8 Å². The number of carbonyl (C=O) groups excluding carboxylic acids is 2. The van der Waals surface area contributed by atoms with Crippen LogP contribution in [0.2, 0.25) is 0 Å². The second-order valence-corrected chi connectivity index (χ2v) is 7.31. The van der Waals surface area contributed by atoms with Crippen molar-refractivity contribution >= 4 is 33.6 Å². The third-order valence-corrected chi connectivity index (χ3v) is 4.88. The summed E-state index contributed by atoms with van der Waals surface area (Å²) in [5, 5.41) is 8.50. The maximum absolute atomic E-state index is 13.0. The molecule has 0 aliphatic carbocycles. The van der Waals surface area contributed by atoms with Gasteiger partial charge in [-0.3, -0.25) is 4.79 Å². The predicted octanol–water partition coefficient (Wildman–Crippen LogP) is 4.33. The Bertz CT molecular complexity index is 904. The van der Waals surface area contributed by atoms with Gasteiger partial charge in [0.1, 0.15) is 0 Å². The minimum atomic E-state index is -0.511. The van der Waals surface area contributed by atoms with Crippen molar-refractivity contribution in [2.75, 3.05) is 5.32 Å². The SMILES string of the molecule is CC1=C(C(=O)Nc2ccc(C)cc2C)[C@@H](c2ccc(Br)cc2)NC(=O)N1. The highest BCUT2D eigenvalue weighted by molar-refractivity contribution is 9.10. The van der Waals surface area contributed by atoms with E-state index < -0.39 is 6.04 Å². The topological polar surface area (TPSA) is 70.2 Å². The van der Waals surface area contributed by atoms with E-state index >= 15 is 0 Å². The average molecular weight is 414 g/mol. The van der Waals surface area contributed by atoms with Gasteiger partial charge in [-0.25, -0.2) is 4.79 Å². The van der Waals surface area contributed by atoms with Gasteiger partial charge < -0.3 is 16.0 Å². The molecule has 0 radical (unpaired) electrons. The summed E-state index contributed by atoms with van der Waals surface area (Å²) in [6, 6.07) is 12.6. The Labute approximate surface area is 161 Å². The van der Waals surface area contributed by atoms with Gasteiger partial charge in [0.05, 0.1) is 11.6 Å². The summed E-state index contributed by atoms with van der Waals surface area (Å²) >= 11 is 3.40. The number of aryl methyl sites for hydroxylation is 2. The zero-order valence-electron chi connectivity index (χ0n) is 14.8. The molecule has 2 aromatic carbocycles. The van der Waals surface area contributed by atoms with Gasteiger partial charge in [0.2, 0.25) is 0 Å². The number of allylic oxidation sites excluding steroid dienone is 1. The van der Waals surface area contributed by atoms with Gasteiger partial charge in [-0.05, 0) is 50.1 Å². The number of carbonyl (C=O) groups is 2. The maximum Gasteiger partial charge on any atom is 0.319 e. The Hall–Kier alpha value is -2.60. The fraction of sp³-hybridized carbons (Fsp3) is 0.200. The molecule has 0 fully saturated rings. The van der Waals surface area contributed by atoms with Crippen molar-refractivity contribution in [3.05, 3.63) is 74.9 Å². The van der Waals surface area contributed by atoms with E-state index in [2.05, 4.69) is 31.9 Å². The van der Waals surface area contributed by atoms with Gasteiger partial charge in [-0.15, -0.1) is 0 Å². The molecule has 2 aromatic rings. The van der Waals surface area contributed by atoms with Crippen molar-refractivity contribution in [1.29, 1.82) is 0 Å². The molecule has 0 saturated carbocycles. The number of rotatable bonds is 3. The van der Waals surface area contributed by atoms with Crippen LogP contribution in [0, 0.1) is 13.8 Å². The third-order valence-electron chi connectivity index (χ3n) is 4.35. The molecule has 1 aliphatic heterocycles. The molecule has 0 spiro atoms. The lowest BCUT2D eigenvalue weighted by molar-refractivity contribution is -0.113. The zero-order valence-corrected chi connectivity index (χ0v) is 16.4. The summed E-state index contributed by atoms with van der Waals surface area (Å²) < 4.78 is 0.934. The number of benzene rings is 2. The van der Waals surface area contributed by atoms with Crippen LogP contribution in [0.4, 0.5) is 10.5 Å². The first-order valence-corrected chi connectivity index (χ1v) is 9.07. The highest BCUT2D eigenvalue weighted by Gasteiger charge is 2.31. The fourth-order valence-corrected chi connectivity index (χ4v) is 3.31. The van der Waals surface area contributed by atoms with E-state index in [4.69, 9.17) is 0 Å². The summed E-state index contributed by atoms with van der Waals surface area (Å²) in [7, 11) is 0. The highest BCUT2D eigenvalue weighted by Crippen LogP contribution is 2.29. The monoisotopic (exact) mass is 413 g/mol. The van der Waals surface area contributed by atoms with Crippen LogP contribution >= 0.6 is 15.9 Å². The van der Waals surface area contributed by atoms with E-state index in [9.17, 15) is 9.59 Å². The minimum Gasteiger partial charge on any atom is -0.327 e. The number of hydrogen-bond donors (Lipinski definition) is 3. The second kappa shape index (κ2) is 7.33. The zero-order chi connectivity index (χ0) is 18.8. The molecule has 1 atom stereocenters. The highest BCUT2D eigenvalue weighted by atomic mass is 79.9. The molecule has 5 nitrogen and oxygen atoms in total. The van der Waals surface area contributed by atoms with Crippen LogP contribution in [0.5, 0.6) is 0 Å². The lowest BCUT2D eigenvalue weighted by atomic mass is 9.94. The smallest absolute Gasteiger partial charge is 0.319 e. The van der Waals surface area contributed by atoms with Crippen molar-refractivity contribution < 1.29 is 9.59 Å². The summed E-state index contributed by atoms with van der Waals surface area (Å²) in [4.78, 5) is 24.9. The van der Waals surface area contributed by atoms with Crippen molar-refractivity contribution in [1.82, 2.24) is 10.6 Å². The van der Waals surface area contributed by atoms with Gasteiger partial charge in [-0.1, -0.05) is 45.8 Å². The summed E-state index contributed by atoms with van der Waals surface area (Å²) in [5.74, 6) is -0.241. The molecule has 0 bridgehead atoms. The van der Waals surface area contributed by atoms with E-state index in [1.165, 1.54) is 0 Å². The number of nitrogens with one attached hydrogen (secondary N) is 3. The van der Waals surface area contributed by atoms with Crippen LogP contribution in [0.1, 0.15) is 29.7 Å². The lowest BCUT2D eigenvalue weighted by Crippen LogP contribution is -2.46. The molecule has 26 heavy (non-hydrogen) atoms. The maximum atomic E-state index is 13.0. The molecule has 1 aliphatic rings. The molecule has 0 saturated heterocycles. The normalized spacial score (nSPS) is 16.8. The molecule has 0 aromatic heterocycles. The summed E-state index contributed by atoms with van der Waals surface area (Å²) in [5.41, 5.74) is 4.76. The van der Waals surface area contributed by atoms with Gasteiger partial charge in [0, 0.05) is 15.9 Å². The summed E-state index contributed by atoms with van der Waals surface area (Å²) in [6.07, 6.45) is 0. The number of hydrogen-bond acceptors (Lipinski definition) is 2. The first-order valence-electron chi connectivity index (χ1n) is 8.27. The molecular weight excluding hydrogens is 394 g/mol. The third kappa shape index (κ3) is 3.80. The van der Waals surface area contributed by atoms with Gasteiger partial charge >= 0.3 is 6.03 Å². The first-order chi connectivity index (χ1) is 12.3. The first kappa shape index (κ1) is 18.2. The number of anilines is 1. The molecule has 3 N–H and O–H groups in total. The molecule has 0 unspecified atom stereocenters. The standard InChI is InChI=1S/C20H20BrN3O2/c1-11-4-9-16(12(2)10-11)23-19(25)17-13(3)22-20(26)24-18(17)14-5-7-15(21)8-6-14/h4-10,18H,1-3H3,(H,23,25)(H2,22,24,26)/t18-/m1/s1. The molecule has 134 valence electrons. The van der Waals surface area contributed by atoms with Crippen LogP contribution in [0.15, 0.2) is 58.2 Å².